The number of hydrogen-bond acceptors (Lipinski definition) is 5. The summed E-state index contributed by atoms with van der Waals surface area (Å²) >= 11 is 6.06. The first-order valence-corrected chi connectivity index (χ1v) is 11.6. The van der Waals surface area contributed by atoms with Crippen LogP contribution in [-0.4, -0.2) is 36.8 Å². The minimum Gasteiger partial charge on any atom is -0.324 e. The number of nitrogens with zero attached hydrogens (tertiary/aromatic N) is 2. The van der Waals surface area contributed by atoms with Gasteiger partial charge in [0.25, 0.3) is 10.0 Å². The van der Waals surface area contributed by atoms with E-state index >= 15 is 0 Å². The van der Waals surface area contributed by atoms with Crippen LogP contribution in [0, 0.1) is 5.82 Å². The van der Waals surface area contributed by atoms with Gasteiger partial charge in [0.2, 0.25) is 5.91 Å². The molecular weight excluding hydrogens is 469 g/mol. The molecule has 0 saturated carbocycles. The fraction of sp³-hybridized carbons (Fsp3) is 0.0870. The number of hydrazone groups is 1. The van der Waals surface area contributed by atoms with Crippen LogP contribution in [-0.2, 0) is 14.8 Å². The highest BCUT2D eigenvalue weighted by atomic mass is 35.5. The third-order valence-electron chi connectivity index (χ3n) is 4.92. The predicted octanol–water partition coefficient (Wildman–Crippen LogP) is 4.08. The van der Waals surface area contributed by atoms with Crippen LogP contribution < -0.4 is 5.32 Å². The maximum Gasteiger partial charge on any atom is 0.280 e. The highest BCUT2D eigenvalue weighted by Gasteiger charge is 2.35. The Morgan fingerprint density at radius 1 is 1.03 bits per heavy atom. The minimum absolute atomic E-state index is 0.0341. The van der Waals surface area contributed by atoms with Crippen molar-refractivity contribution in [3.05, 3.63) is 94.3 Å². The lowest BCUT2D eigenvalue weighted by molar-refractivity contribution is -0.116. The van der Waals surface area contributed by atoms with E-state index in [9.17, 15) is 22.4 Å². The van der Waals surface area contributed by atoms with Gasteiger partial charge >= 0.3 is 0 Å². The van der Waals surface area contributed by atoms with Crippen LogP contribution in [0.2, 0.25) is 5.02 Å². The SMILES string of the molecule is CC(=O)c1cccc(NC(=O)CN2N=C(c3ccccc3F)c3cc(Cl)ccc3S2(=O)=O)c1. The zero-order valence-electron chi connectivity index (χ0n) is 17.2. The topological polar surface area (TPSA) is 95.9 Å². The minimum atomic E-state index is -4.21. The predicted molar refractivity (Wildman–Crippen MR) is 122 cm³/mol. The second-order valence-corrected chi connectivity index (χ2v) is 9.49. The molecule has 0 aliphatic carbocycles. The number of sulfonamides is 1. The summed E-state index contributed by atoms with van der Waals surface area (Å²) in [5.41, 5.74) is 0.956. The highest BCUT2D eigenvalue weighted by Crippen LogP contribution is 2.31. The standard InChI is InChI=1S/C23H17ClFN3O4S/c1-14(29)15-5-4-6-17(11-15)26-22(30)13-28-27-23(18-7-2-3-8-20(18)25)19-12-16(24)9-10-21(19)33(28,31)32/h2-12H,13H2,1H3,(H,26,30). The normalized spacial score (nSPS) is 14.3. The number of carbonyl (C=O) groups is 2. The van der Waals surface area contributed by atoms with E-state index in [-0.39, 0.29) is 32.5 Å². The second kappa shape index (κ2) is 8.76. The quantitative estimate of drug-likeness (QED) is 0.551. The van der Waals surface area contributed by atoms with E-state index in [0.29, 0.717) is 15.7 Å². The largest absolute Gasteiger partial charge is 0.324 e. The number of benzene rings is 3. The lowest BCUT2D eigenvalue weighted by atomic mass is 10.0. The van der Waals surface area contributed by atoms with Crippen LogP contribution in [0.4, 0.5) is 10.1 Å². The number of ketones is 1. The maximum absolute atomic E-state index is 14.6. The van der Waals surface area contributed by atoms with Crippen molar-refractivity contribution in [3.8, 4) is 0 Å². The summed E-state index contributed by atoms with van der Waals surface area (Å²) in [5, 5.41) is 6.94. The lowest BCUT2D eigenvalue weighted by Crippen LogP contribution is -2.38. The van der Waals surface area contributed by atoms with Crippen LogP contribution in [0.15, 0.2) is 76.7 Å². The summed E-state index contributed by atoms with van der Waals surface area (Å²) in [6.07, 6.45) is 0. The van der Waals surface area contributed by atoms with Crippen LogP contribution in [0.25, 0.3) is 0 Å². The molecule has 0 unspecified atom stereocenters. The van der Waals surface area contributed by atoms with Gasteiger partial charge in [-0.25, -0.2) is 4.39 Å². The molecule has 0 saturated heterocycles. The van der Waals surface area contributed by atoms with Crippen LogP contribution in [0.5, 0.6) is 0 Å². The summed E-state index contributed by atoms with van der Waals surface area (Å²) in [7, 11) is -4.21. The number of anilines is 1. The molecule has 0 radical (unpaired) electrons. The molecule has 1 N–H and O–H groups in total. The number of amides is 1. The number of fused-ring (bicyclic) bond motifs is 1. The molecule has 0 atom stereocenters. The van der Waals surface area contributed by atoms with Gasteiger partial charge in [-0.1, -0.05) is 35.9 Å². The second-order valence-electron chi connectivity index (χ2n) is 7.24. The smallest absolute Gasteiger partial charge is 0.280 e. The summed E-state index contributed by atoms with van der Waals surface area (Å²) in [6, 6.07) is 16.1. The van der Waals surface area contributed by atoms with Crippen molar-refractivity contribution in [1.29, 1.82) is 0 Å². The van der Waals surface area contributed by atoms with Gasteiger partial charge in [0.15, 0.2) is 5.78 Å². The number of nitrogens with one attached hydrogen (secondary N) is 1. The monoisotopic (exact) mass is 485 g/mol. The first kappa shape index (κ1) is 22.6. The van der Waals surface area contributed by atoms with Crippen molar-refractivity contribution in [3.63, 3.8) is 0 Å². The molecule has 0 bridgehead atoms. The van der Waals surface area contributed by atoms with Gasteiger partial charge < -0.3 is 5.32 Å². The molecule has 1 heterocycles. The number of hydrogen-bond donors (Lipinski definition) is 1. The zero-order valence-corrected chi connectivity index (χ0v) is 18.8. The summed E-state index contributed by atoms with van der Waals surface area (Å²) < 4.78 is 41.5. The van der Waals surface area contributed by atoms with Crippen LogP contribution in [0.1, 0.15) is 28.4 Å². The average Bonchev–Trinajstić information content (AvgIpc) is 2.76. The Morgan fingerprint density at radius 2 is 1.79 bits per heavy atom. The first-order valence-electron chi connectivity index (χ1n) is 9.74. The van der Waals surface area contributed by atoms with E-state index in [1.807, 2.05) is 0 Å². The van der Waals surface area contributed by atoms with E-state index in [0.717, 1.165) is 0 Å². The van der Waals surface area contributed by atoms with Crippen molar-refractivity contribution < 1.29 is 22.4 Å². The fourth-order valence-corrected chi connectivity index (χ4v) is 4.91. The van der Waals surface area contributed by atoms with Gasteiger partial charge in [0, 0.05) is 27.4 Å². The molecule has 0 aromatic heterocycles. The zero-order chi connectivity index (χ0) is 23.8. The Balaban J connectivity index is 1.72. The van der Waals surface area contributed by atoms with Crippen molar-refractivity contribution >= 4 is 44.7 Å². The molecule has 10 heteroatoms. The van der Waals surface area contributed by atoms with Gasteiger partial charge in [0.1, 0.15) is 18.1 Å². The third kappa shape index (κ3) is 4.50. The van der Waals surface area contributed by atoms with Gasteiger partial charge in [-0.05, 0) is 49.4 Å². The summed E-state index contributed by atoms with van der Waals surface area (Å²) in [5.74, 6) is -1.47. The van der Waals surface area contributed by atoms with E-state index < -0.39 is 28.3 Å². The van der Waals surface area contributed by atoms with Gasteiger partial charge in [0.05, 0.1) is 4.90 Å². The number of carbonyl (C=O) groups excluding carboxylic acids is 2. The maximum atomic E-state index is 14.6. The molecule has 168 valence electrons. The molecule has 33 heavy (non-hydrogen) atoms. The fourth-order valence-electron chi connectivity index (χ4n) is 3.36. The molecule has 3 aromatic carbocycles. The Bertz CT molecular complexity index is 1420. The molecule has 0 spiro atoms. The van der Waals surface area contributed by atoms with Crippen molar-refractivity contribution in [2.45, 2.75) is 11.8 Å². The van der Waals surface area contributed by atoms with Gasteiger partial charge in [-0.3, -0.25) is 9.59 Å². The molecule has 3 aromatic rings. The van der Waals surface area contributed by atoms with Crippen molar-refractivity contribution in [1.82, 2.24) is 4.41 Å². The molecular formula is C23H17ClFN3O4S. The Labute approximate surface area is 194 Å². The van der Waals surface area contributed by atoms with Crippen molar-refractivity contribution in [2.75, 3.05) is 11.9 Å². The molecule has 4 rings (SSSR count). The molecule has 7 nitrogen and oxygen atoms in total. The van der Waals surface area contributed by atoms with Gasteiger partial charge in [-0.15, -0.1) is 0 Å². The third-order valence-corrected chi connectivity index (χ3v) is 6.84. The number of Topliss-reactive ketones (excluding diaryl/α,β-unsaturated/α-hetero) is 1. The number of halogens is 2. The molecule has 1 amide bonds. The molecule has 0 fully saturated rings. The van der Waals surface area contributed by atoms with Crippen LogP contribution in [0.3, 0.4) is 0 Å². The summed E-state index contributed by atoms with van der Waals surface area (Å²) in [4.78, 5) is 24.1. The van der Waals surface area contributed by atoms with E-state index in [1.54, 1.807) is 24.3 Å². The highest BCUT2D eigenvalue weighted by molar-refractivity contribution is 7.89. The first-order chi connectivity index (χ1) is 15.7. The Morgan fingerprint density at radius 3 is 2.52 bits per heavy atom. The van der Waals surface area contributed by atoms with Gasteiger partial charge in [-0.2, -0.15) is 17.9 Å². The van der Waals surface area contributed by atoms with E-state index in [1.165, 1.54) is 49.4 Å². The Hall–Kier alpha value is -3.56. The van der Waals surface area contributed by atoms with Crippen molar-refractivity contribution in [2.24, 2.45) is 5.10 Å². The average molecular weight is 486 g/mol. The van der Waals surface area contributed by atoms with Crippen LogP contribution >= 0.6 is 11.6 Å². The summed E-state index contributed by atoms with van der Waals surface area (Å²) in [6.45, 7) is 0.733. The molecule has 1 aliphatic rings. The van der Waals surface area contributed by atoms with E-state index in [4.69, 9.17) is 11.6 Å². The Kier molecular flexibility index (Phi) is 6.01. The lowest BCUT2D eigenvalue weighted by Gasteiger charge is -2.27. The number of rotatable bonds is 5. The van der Waals surface area contributed by atoms with E-state index in [2.05, 4.69) is 10.4 Å². The molecule has 1 aliphatic heterocycles.